The first-order valence-corrected chi connectivity index (χ1v) is 6.65. The Labute approximate surface area is 113 Å². The van der Waals surface area contributed by atoms with E-state index >= 15 is 0 Å². The van der Waals surface area contributed by atoms with E-state index in [1.807, 2.05) is 30.3 Å². The van der Waals surface area contributed by atoms with E-state index in [0.717, 1.165) is 25.1 Å². The van der Waals surface area contributed by atoms with Gasteiger partial charge in [-0.05, 0) is 25.0 Å². The normalized spacial score (nSPS) is 17.9. The average molecular weight is 258 g/mol. The maximum absolute atomic E-state index is 12.3. The first-order valence-electron chi connectivity index (χ1n) is 6.65. The molecule has 1 heterocycles. The van der Waals surface area contributed by atoms with Crippen LogP contribution in [0.5, 0.6) is 0 Å². The molecule has 0 aliphatic carbocycles. The summed E-state index contributed by atoms with van der Waals surface area (Å²) < 4.78 is 5.50. The Balaban J connectivity index is 2.04. The molecule has 0 saturated carbocycles. The molecule has 1 aliphatic rings. The third-order valence-electron chi connectivity index (χ3n) is 3.24. The molecule has 1 aromatic rings. The highest BCUT2D eigenvalue weighted by molar-refractivity contribution is 5.93. The maximum Gasteiger partial charge on any atom is 0.229 e. The van der Waals surface area contributed by atoms with Crippen LogP contribution in [0.3, 0.4) is 0 Å². The number of benzene rings is 1. The first-order chi connectivity index (χ1) is 9.31. The van der Waals surface area contributed by atoms with Gasteiger partial charge in [0.2, 0.25) is 5.91 Å². The van der Waals surface area contributed by atoms with Crippen LogP contribution in [0.15, 0.2) is 30.3 Å². The Morgan fingerprint density at radius 2 is 2.21 bits per heavy atom. The number of hydrogen-bond acceptors (Lipinski definition) is 3. The van der Waals surface area contributed by atoms with E-state index in [1.54, 1.807) is 4.90 Å². The summed E-state index contributed by atoms with van der Waals surface area (Å²) in [5.74, 6) is 0.0355. The molecule has 1 fully saturated rings. The molecule has 1 amide bonds. The summed E-state index contributed by atoms with van der Waals surface area (Å²) in [6.07, 6.45) is 2.77. The Hall–Kier alpha value is -1.86. The van der Waals surface area contributed by atoms with Gasteiger partial charge in [-0.2, -0.15) is 5.26 Å². The molecule has 1 aliphatic heterocycles. The Morgan fingerprint density at radius 3 is 2.84 bits per heavy atom. The summed E-state index contributed by atoms with van der Waals surface area (Å²) in [4.78, 5) is 14.0. The third-order valence-corrected chi connectivity index (χ3v) is 3.24. The largest absolute Gasteiger partial charge is 0.378 e. The minimum atomic E-state index is 0.0355. The molecule has 0 radical (unpaired) electrons. The van der Waals surface area contributed by atoms with Gasteiger partial charge in [-0.25, -0.2) is 0 Å². The standard InChI is InChI=1S/C15H18N2O2/c16-9-5-10-17(13-6-2-1-3-7-13)15(18)12-14-8-4-11-19-14/h1-3,6-7,14H,4-5,8,10-12H2. The van der Waals surface area contributed by atoms with Crippen molar-refractivity contribution in [2.24, 2.45) is 0 Å². The molecule has 4 nitrogen and oxygen atoms in total. The predicted octanol–water partition coefficient (Wildman–Crippen LogP) is 2.50. The molecule has 1 saturated heterocycles. The van der Waals surface area contributed by atoms with Crippen molar-refractivity contribution in [2.75, 3.05) is 18.1 Å². The molecule has 0 spiro atoms. The van der Waals surface area contributed by atoms with Gasteiger partial charge in [-0.3, -0.25) is 4.79 Å². The number of nitrogens with zero attached hydrogens (tertiary/aromatic N) is 2. The number of ether oxygens (including phenoxy) is 1. The lowest BCUT2D eigenvalue weighted by Crippen LogP contribution is -2.34. The van der Waals surface area contributed by atoms with Crippen molar-refractivity contribution in [3.05, 3.63) is 30.3 Å². The van der Waals surface area contributed by atoms with E-state index in [9.17, 15) is 4.79 Å². The Kier molecular flexibility index (Phi) is 4.93. The lowest BCUT2D eigenvalue weighted by molar-refractivity contribution is -0.120. The Morgan fingerprint density at radius 1 is 1.42 bits per heavy atom. The number of nitriles is 1. The van der Waals surface area contributed by atoms with Crippen LogP contribution in [0.1, 0.15) is 25.7 Å². The second kappa shape index (κ2) is 6.91. The van der Waals surface area contributed by atoms with Gasteiger partial charge in [-0.15, -0.1) is 0 Å². The molecule has 1 atom stereocenters. The maximum atomic E-state index is 12.3. The summed E-state index contributed by atoms with van der Waals surface area (Å²) in [5.41, 5.74) is 0.848. The van der Waals surface area contributed by atoms with Crippen molar-refractivity contribution in [1.82, 2.24) is 0 Å². The fourth-order valence-electron chi connectivity index (χ4n) is 2.28. The monoisotopic (exact) mass is 258 g/mol. The topological polar surface area (TPSA) is 53.3 Å². The molecule has 1 unspecified atom stereocenters. The number of para-hydroxylation sites is 1. The second-order valence-electron chi connectivity index (χ2n) is 4.63. The van der Waals surface area contributed by atoms with Crippen molar-refractivity contribution in [3.63, 3.8) is 0 Å². The van der Waals surface area contributed by atoms with E-state index in [-0.39, 0.29) is 12.0 Å². The smallest absolute Gasteiger partial charge is 0.229 e. The van der Waals surface area contributed by atoms with Crippen LogP contribution >= 0.6 is 0 Å². The van der Waals surface area contributed by atoms with E-state index < -0.39 is 0 Å². The van der Waals surface area contributed by atoms with Crippen molar-refractivity contribution in [2.45, 2.75) is 31.8 Å². The Bertz CT molecular complexity index is 447. The summed E-state index contributed by atoms with van der Waals surface area (Å²) in [6.45, 7) is 1.19. The van der Waals surface area contributed by atoms with Crippen LogP contribution in [-0.2, 0) is 9.53 Å². The lowest BCUT2D eigenvalue weighted by atomic mass is 10.1. The van der Waals surface area contributed by atoms with Gasteiger partial charge in [-0.1, -0.05) is 18.2 Å². The van der Waals surface area contributed by atoms with Gasteiger partial charge in [0, 0.05) is 18.8 Å². The zero-order valence-corrected chi connectivity index (χ0v) is 10.9. The van der Waals surface area contributed by atoms with Crippen molar-refractivity contribution >= 4 is 11.6 Å². The molecule has 100 valence electrons. The van der Waals surface area contributed by atoms with Crippen LogP contribution in [0, 0.1) is 11.3 Å². The fourth-order valence-corrected chi connectivity index (χ4v) is 2.28. The van der Waals surface area contributed by atoms with Crippen LogP contribution in [0.25, 0.3) is 0 Å². The summed E-state index contributed by atoms with van der Waals surface area (Å²) in [5, 5.41) is 8.72. The van der Waals surface area contributed by atoms with Gasteiger partial charge in [0.15, 0.2) is 0 Å². The molecule has 2 rings (SSSR count). The number of carbonyl (C=O) groups is 1. The first kappa shape index (κ1) is 13.6. The van der Waals surface area contributed by atoms with Crippen LogP contribution in [0.2, 0.25) is 0 Å². The molecule has 0 aromatic heterocycles. The van der Waals surface area contributed by atoms with E-state index in [0.29, 0.717) is 19.4 Å². The SMILES string of the molecule is N#CCCN(C(=O)CC1CCCO1)c1ccccc1. The summed E-state index contributed by atoms with van der Waals surface area (Å²) in [7, 11) is 0. The van der Waals surface area contributed by atoms with Gasteiger partial charge in [0.1, 0.15) is 0 Å². The molecule has 1 aromatic carbocycles. The highest BCUT2D eigenvalue weighted by Crippen LogP contribution is 2.20. The van der Waals surface area contributed by atoms with E-state index in [2.05, 4.69) is 6.07 Å². The minimum Gasteiger partial charge on any atom is -0.378 e. The van der Waals surface area contributed by atoms with Crippen molar-refractivity contribution < 1.29 is 9.53 Å². The second-order valence-corrected chi connectivity index (χ2v) is 4.63. The number of anilines is 1. The predicted molar refractivity (Wildman–Crippen MR) is 72.6 cm³/mol. The highest BCUT2D eigenvalue weighted by Gasteiger charge is 2.23. The van der Waals surface area contributed by atoms with Crippen molar-refractivity contribution in [3.8, 4) is 6.07 Å². The molecular weight excluding hydrogens is 240 g/mol. The van der Waals surface area contributed by atoms with Crippen LogP contribution in [-0.4, -0.2) is 25.2 Å². The fraction of sp³-hybridized carbons (Fsp3) is 0.467. The van der Waals surface area contributed by atoms with Gasteiger partial charge in [0.25, 0.3) is 0 Å². The quantitative estimate of drug-likeness (QED) is 0.815. The summed E-state index contributed by atoms with van der Waals surface area (Å²) in [6, 6.07) is 11.6. The van der Waals surface area contributed by atoms with Crippen molar-refractivity contribution in [1.29, 1.82) is 5.26 Å². The number of amides is 1. The van der Waals surface area contributed by atoms with Gasteiger partial charge in [0.05, 0.1) is 25.0 Å². The summed E-state index contributed by atoms with van der Waals surface area (Å²) >= 11 is 0. The third kappa shape index (κ3) is 3.80. The zero-order chi connectivity index (χ0) is 13.5. The molecule has 0 N–H and O–H groups in total. The van der Waals surface area contributed by atoms with Crippen LogP contribution in [0.4, 0.5) is 5.69 Å². The molecule has 0 bridgehead atoms. The molecule has 4 heteroatoms. The molecule has 19 heavy (non-hydrogen) atoms. The lowest BCUT2D eigenvalue weighted by Gasteiger charge is -2.23. The zero-order valence-electron chi connectivity index (χ0n) is 10.9. The number of rotatable bonds is 5. The van der Waals surface area contributed by atoms with E-state index in [4.69, 9.17) is 10.00 Å². The van der Waals surface area contributed by atoms with E-state index in [1.165, 1.54) is 0 Å². The highest BCUT2D eigenvalue weighted by atomic mass is 16.5. The number of carbonyl (C=O) groups excluding carboxylic acids is 1. The van der Waals surface area contributed by atoms with Gasteiger partial charge < -0.3 is 9.64 Å². The minimum absolute atomic E-state index is 0.0355. The van der Waals surface area contributed by atoms with Gasteiger partial charge >= 0.3 is 0 Å². The molecular formula is C15H18N2O2. The van der Waals surface area contributed by atoms with Crippen LogP contribution < -0.4 is 4.90 Å². The average Bonchev–Trinajstić information content (AvgIpc) is 2.93. The number of hydrogen-bond donors (Lipinski definition) is 0.